The first-order valence-corrected chi connectivity index (χ1v) is 20.1. The van der Waals surface area contributed by atoms with Gasteiger partial charge in [0.1, 0.15) is 17.6 Å². The van der Waals surface area contributed by atoms with Gasteiger partial charge in [-0.1, -0.05) is 17.7 Å². The molecule has 290 valence electrons. The Morgan fingerprint density at radius 3 is 2.39 bits per heavy atom. The van der Waals surface area contributed by atoms with Crippen LogP contribution in [0.25, 0.3) is 0 Å². The lowest BCUT2D eigenvalue weighted by atomic mass is 9.81. The van der Waals surface area contributed by atoms with Crippen LogP contribution in [0.1, 0.15) is 84.6 Å². The number of amides is 4. The van der Waals surface area contributed by atoms with Crippen molar-refractivity contribution < 1.29 is 19.2 Å². The SMILES string of the molecule is C[C@@H]1CN(CCCC2CCC(N3C(S)N(c4ccc(C#N)c(Cl)c4)C(=O)C3(C)C)CC2)C[C@H](C)N1CC(=O)Nc1cccc(NC2CCC(=O)NC2=O)c1. The van der Waals surface area contributed by atoms with Crippen LogP contribution in [0.3, 0.4) is 0 Å². The van der Waals surface area contributed by atoms with Crippen LogP contribution in [0.4, 0.5) is 17.1 Å². The van der Waals surface area contributed by atoms with Crippen LogP contribution in [0, 0.1) is 17.2 Å². The van der Waals surface area contributed by atoms with Gasteiger partial charge in [0.25, 0.3) is 0 Å². The second-order valence-electron chi connectivity index (χ2n) is 16.0. The fourth-order valence-corrected chi connectivity index (χ4v) is 9.86. The summed E-state index contributed by atoms with van der Waals surface area (Å²) in [5, 5.41) is 18.2. The number of rotatable bonds is 11. The molecule has 3 aliphatic heterocycles. The summed E-state index contributed by atoms with van der Waals surface area (Å²) >= 11 is 11.3. The number of nitriles is 1. The Labute approximate surface area is 329 Å². The van der Waals surface area contributed by atoms with Crippen LogP contribution >= 0.6 is 24.2 Å². The van der Waals surface area contributed by atoms with Gasteiger partial charge >= 0.3 is 0 Å². The van der Waals surface area contributed by atoms with Gasteiger partial charge in [0.15, 0.2) is 0 Å². The molecule has 3 heterocycles. The minimum Gasteiger partial charge on any atom is -0.374 e. The Kier molecular flexibility index (Phi) is 12.6. The first-order chi connectivity index (χ1) is 25.7. The molecule has 2 aromatic carbocycles. The number of piperazine rings is 1. The number of carbonyl (C=O) groups is 4. The van der Waals surface area contributed by atoms with Crippen molar-refractivity contribution in [2.75, 3.05) is 41.7 Å². The van der Waals surface area contributed by atoms with Crippen LogP contribution in [0.2, 0.25) is 5.02 Å². The van der Waals surface area contributed by atoms with Gasteiger partial charge in [0.2, 0.25) is 23.6 Å². The van der Waals surface area contributed by atoms with Gasteiger partial charge in [-0.3, -0.25) is 39.2 Å². The fourth-order valence-electron chi connectivity index (χ4n) is 8.92. The molecule has 2 unspecified atom stereocenters. The number of anilines is 3. The Hall–Kier alpha value is -3.67. The molecule has 3 saturated heterocycles. The number of thiol groups is 1. The summed E-state index contributed by atoms with van der Waals surface area (Å²) in [6.45, 7) is 11.5. The highest BCUT2D eigenvalue weighted by Gasteiger charge is 2.54. The van der Waals surface area contributed by atoms with Crippen LogP contribution in [0.5, 0.6) is 0 Å². The molecule has 4 fully saturated rings. The number of halogens is 1. The Morgan fingerprint density at radius 1 is 1.02 bits per heavy atom. The number of hydrogen-bond acceptors (Lipinski definition) is 10. The van der Waals surface area contributed by atoms with Crippen molar-refractivity contribution in [2.45, 2.75) is 114 Å². The first-order valence-electron chi connectivity index (χ1n) is 19.2. The van der Waals surface area contributed by atoms with E-state index in [1.165, 1.54) is 6.42 Å². The van der Waals surface area contributed by atoms with E-state index in [2.05, 4.69) is 50.6 Å². The molecule has 0 spiro atoms. The van der Waals surface area contributed by atoms with Crippen LogP contribution in [-0.4, -0.2) is 99.7 Å². The molecule has 6 rings (SSSR count). The van der Waals surface area contributed by atoms with Crippen molar-refractivity contribution >= 4 is 64.9 Å². The molecule has 0 aromatic heterocycles. The lowest BCUT2D eigenvalue weighted by Gasteiger charge is -2.44. The van der Waals surface area contributed by atoms with Gasteiger partial charge < -0.3 is 15.5 Å². The van der Waals surface area contributed by atoms with E-state index < -0.39 is 17.1 Å². The molecular weight excluding hydrogens is 724 g/mol. The Balaban J connectivity index is 0.926. The molecule has 4 amide bonds. The Morgan fingerprint density at radius 2 is 1.72 bits per heavy atom. The molecule has 1 saturated carbocycles. The molecule has 12 nitrogen and oxygen atoms in total. The summed E-state index contributed by atoms with van der Waals surface area (Å²) in [5.74, 6) is -0.0162. The number of piperidine rings is 1. The lowest BCUT2D eigenvalue weighted by Crippen LogP contribution is -2.58. The standard InChI is InChI=1S/C40H53ClN8O4S/c1-25-22-46(23-26(2)47(25)24-36(51)44-30-9-5-8-29(19-30)43-34-16-17-35(50)45-37(34)52)18-6-7-27-10-13-31(14-11-27)49-39(54)48(38(53)40(49,3)4)32-15-12-28(21-42)33(41)20-32/h5,8-9,12,15,19-20,25-27,31,34,39,43,54H,6-7,10-11,13-14,16-18,22-24H2,1-4H3,(H,44,51)(H,45,50,52)/t25-,26+,27?,31?,34?,39?. The van der Waals surface area contributed by atoms with Crippen LogP contribution < -0.4 is 20.9 Å². The van der Waals surface area contributed by atoms with Crippen molar-refractivity contribution in [3.05, 3.63) is 53.1 Å². The summed E-state index contributed by atoms with van der Waals surface area (Å²) in [6.07, 6.45) is 7.34. The topological polar surface area (TPSA) is 141 Å². The predicted octanol–water partition coefficient (Wildman–Crippen LogP) is 5.44. The first kappa shape index (κ1) is 40.0. The van der Waals surface area contributed by atoms with Crippen molar-refractivity contribution in [2.24, 2.45) is 5.92 Å². The second kappa shape index (κ2) is 17.0. The largest absolute Gasteiger partial charge is 0.374 e. The number of nitrogens with one attached hydrogen (secondary N) is 3. The minimum absolute atomic E-state index is 0.0130. The molecule has 14 heteroatoms. The maximum Gasteiger partial charge on any atom is 0.249 e. The average molecular weight is 777 g/mol. The third-order valence-electron chi connectivity index (χ3n) is 11.7. The molecule has 0 radical (unpaired) electrons. The lowest BCUT2D eigenvalue weighted by molar-refractivity contribution is -0.133. The molecule has 4 aliphatic rings. The number of carbonyl (C=O) groups excluding carboxylic acids is 4. The van der Waals surface area contributed by atoms with E-state index in [0.717, 1.165) is 51.7 Å². The van der Waals surface area contributed by atoms with E-state index in [-0.39, 0.29) is 41.8 Å². The Bertz CT molecular complexity index is 1770. The molecule has 2 aromatic rings. The molecule has 1 aliphatic carbocycles. The van der Waals surface area contributed by atoms with Crippen molar-refractivity contribution in [3.63, 3.8) is 0 Å². The highest BCUT2D eigenvalue weighted by Crippen LogP contribution is 2.43. The highest BCUT2D eigenvalue weighted by atomic mass is 35.5. The van der Waals surface area contributed by atoms with Gasteiger partial charge in [0, 0.05) is 54.7 Å². The molecule has 4 atom stereocenters. The molecular formula is C40H53ClN8O4S. The van der Waals surface area contributed by atoms with E-state index in [4.69, 9.17) is 24.2 Å². The van der Waals surface area contributed by atoms with Gasteiger partial charge in [-0.25, -0.2) is 0 Å². The maximum atomic E-state index is 13.7. The zero-order valence-electron chi connectivity index (χ0n) is 31.7. The quantitative estimate of drug-likeness (QED) is 0.174. The third kappa shape index (κ3) is 8.89. The maximum absolute atomic E-state index is 13.7. The van der Waals surface area contributed by atoms with Gasteiger partial charge in [-0.2, -0.15) is 5.26 Å². The summed E-state index contributed by atoms with van der Waals surface area (Å²) in [7, 11) is 0. The van der Waals surface area contributed by atoms with Crippen molar-refractivity contribution in [1.82, 2.24) is 20.0 Å². The zero-order valence-corrected chi connectivity index (χ0v) is 33.3. The van der Waals surface area contributed by atoms with Gasteiger partial charge in [-0.05, 0) is 122 Å². The molecule has 3 N–H and O–H groups in total. The van der Waals surface area contributed by atoms with Crippen molar-refractivity contribution in [3.8, 4) is 6.07 Å². The van der Waals surface area contributed by atoms with Crippen LogP contribution in [0.15, 0.2) is 42.5 Å². The van der Waals surface area contributed by atoms with Gasteiger partial charge in [0.05, 0.1) is 22.7 Å². The highest BCUT2D eigenvalue weighted by molar-refractivity contribution is 7.81. The van der Waals surface area contributed by atoms with E-state index in [0.29, 0.717) is 53.0 Å². The van der Waals surface area contributed by atoms with Crippen LogP contribution in [-0.2, 0) is 19.2 Å². The number of benzene rings is 2. The summed E-state index contributed by atoms with van der Waals surface area (Å²) in [4.78, 5) is 59.2. The number of imide groups is 1. The summed E-state index contributed by atoms with van der Waals surface area (Å²) in [5.41, 5.74) is 1.29. The number of hydrogen-bond donors (Lipinski definition) is 4. The monoisotopic (exact) mass is 776 g/mol. The van der Waals surface area contributed by atoms with Gasteiger partial charge in [-0.15, -0.1) is 12.6 Å². The van der Waals surface area contributed by atoms with Crippen molar-refractivity contribution in [1.29, 1.82) is 5.26 Å². The second-order valence-corrected chi connectivity index (χ2v) is 16.9. The minimum atomic E-state index is -0.706. The fraction of sp³-hybridized carbons (Fsp3) is 0.575. The molecule has 0 bridgehead atoms. The number of nitrogens with zero attached hydrogens (tertiary/aromatic N) is 5. The predicted molar refractivity (Wildman–Crippen MR) is 214 cm³/mol. The third-order valence-corrected chi connectivity index (χ3v) is 12.5. The average Bonchev–Trinajstić information content (AvgIpc) is 3.30. The summed E-state index contributed by atoms with van der Waals surface area (Å²) < 4.78 is 0. The summed E-state index contributed by atoms with van der Waals surface area (Å²) in [6, 6.07) is 14.7. The van der Waals surface area contributed by atoms with E-state index in [1.807, 2.05) is 38.1 Å². The zero-order chi connectivity index (χ0) is 38.7. The molecule has 54 heavy (non-hydrogen) atoms. The smallest absolute Gasteiger partial charge is 0.249 e. The normalized spacial score (nSPS) is 28.1. The van der Waals surface area contributed by atoms with E-state index in [1.54, 1.807) is 23.1 Å². The van der Waals surface area contributed by atoms with E-state index >= 15 is 0 Å². The van der Waals surface area contributed by atoms with E-state index in [9.17, 15) is 24.4 Å².